The van der Waals surface area contributed by atoms with Crippen molar-refractivity contribution in [1.82, 2.24) is 4.31 Å². The van der Waals surface area contributed by atoms with Crippen molar-refractivity contribution in [1.29, 1.82) is 0 Å². The van der Waals surface area contributed by atoms with Crippen molar-refractivity contribution in [2.75, 3.05) is 36.4 Å². The number of hydrogen-bond acceptors (Lipinski definition) is 4. The van der Waals surface area contributed by atoms with E-state index in [4.69, 9.17) is 0 Å². The summed E-state index contributed by atoms with van der Waals surface area (Å²) in [4.78, 5) is 15.0. The summed E-state index contributed by atoms with van der Waals surface area (Å²) in [6.07, 6.45) is 0. The van der Waals surface area contributed by atoms with E-state index >= 15 is 0 Å². The standard InChI is InChI=1S/C26H28FN3O3S/c1-19(2)24-8-3-4-9-25(24)28-26(31)20-6-5-7-23(18-20)34(32,33)30-16-14-29(15-17-30)22-12-10-21(27)11-13-22/h3-13,18-19H,14-17H2,1-2H3,(H,28,31). The van der Waals surface area contributed by atoms with Gasteiger partial charge in [-0.05, 0) is 60.0 Å². The Kier molecular flexibility index (Phi) is 7.00. The van der Waals surface area contributed by atoms with Gasteiger partial charge >= 0.3 is 0 Å². The second-order valence-corrected chi connectivity index (χ2v) is 10.5. The first-order valence-electron chi connectivity index (χ1n) is 11.3. The molecule has 0 bridgehead atoms. The number of amides is 1. The maximum atomic E-state index is 13.3. The normalized spacial score (nSPS) is 14.9. The molecule has 1 saturated heterocycles. The van der Waals surface area contributed by atoms with Crippen LogP contribution >= 0.6 is 0 Å². The molecular weight excluding hydrogens is 453 g/mol. The highest BCUT2D eigenvalue weighted by Crippen LogP contribution is 2.25. The number of nitrogens with one attached hydrogen (secondary N) is 1. The highest BCUT2D eigenvalue weighted by molar-refractivity contribution is 7.89. The molecule has 178 valence electrons. The van der Waals surface area contributed by atoms with E-state index in [2.05, 4.69) is 5.32 Å². The first kappa shape index (κ1) is 23.9. The van der Waals surface area contributed by atoms with Gasteiger partial charge in [0, 0.05) is 43.1 Å². The van der Waals surface area contributed by atoms with Crippen molar-refractivity contribution in [3.8, 4) is 0 Å². The summed E-state index contributed by atoms with van der Waals surface area (Å²) < 4.78 is 41.2. The van der Waals surface area contributed by atoms with Gasteiger partial charge < -0.3 is 10.2 Å². The Hall–Kier alpha value is -3.23. The fraction of sp³-hybridized carbons (Fsp3) is 0.269. The minimum atomic E-state index is -3.76. The molecule has 34 heavy (non-hydrogen) atoms. The van der Waals surface area contributed by atoms with Crippen LogP contribution in [0.4, 0.5) is 15.8 Å². The van der Waals surface area contributed by atoms with Crippen LogP contribution in [0.3, 0.4) is 0 Å². The smallest absolute Gasteiger partial charge is 0.255 e. The first-order valence-corrected chi connectivity index (χ1v) is 12.7. The Morgan fingerprint density at radius 2 is 1.59 bits per heavy atom. The summed E-state index contributed by atoms with van der Waals surface area (Å²) in [6, 6.07) is 19.9. The molecule has 0 saturated carbocycles. The van der Waals surface area contributed by atoms with Crippen LogP contribution in [0.1, 0.15) is 35.7 Å². The predicted molar refractivity (Wildman–Crippen MR) is 132 cm³/mol. The number of anilines is 2. The number of sulfonamides is 1. The number of carbonyl (C=O) groups is 1. The maximum absolute atomic E-state index is 13.3. The van der Waals surface area contributed by atoms with Crippen LogP contribution in [0.15, 0.2) is 77.7 Å². The van der Waals surface area contributed by atoms with E-state index in [9.17, 15) is 17.6 Å². The summed E-state index contributed by atoms with van der Waals surface area (Å²) in [6.45, 7) is 5.70. The molecule has 3 aromatic rings. The molecule has 1 aliphatic rings. The summed E-state index contributed by atoms with van der Waals surface area (Å²) in [7, 11) is -3.76. The Morgan fingerprint density at radius 1 is 0.912 bits per heavy atom. The third-order valence-corrected chi connectivity index (χ3v) is 7.89. The van der Waals surface area contributed by atoms with Gasteiger partial charge in [0.15, 0.2) is 0 Å². The number of nitrogens with zero attached hydrogens (tertiary/aromatic N) is 2. The Morgan fingerprint density at radius 3 is 2.26 bits per heavy atom. The van der Waals surface area contributed by atoms with E-state index in [0.29, 0.717) is 31.9 Å². The van der Waals surface area contributed by atoms with Crippen LogP contribution < -0.4 is 10.2 Å². The number of benzene rings is 3. The minimum Gasteiger partial charge on any atom is -0.369 e. The fourth-order valence-electron chi connectivity index (χ4n) is 4.09. The van der Waals surface area contributed by atoms with Gasteiger partial charge in [-0.25, -0.2) is 12.8 Å². The number of carbonyl (C=O) groups excluding carboxylic acids is 1. The average Bonchev–Trinajstić information content (AvgIpc) is 2.85. The van der Waals surface area contributed by atoms with Crippen LogP contribution in [0, 0.1) is 5.82 Å². The van der Waals surface area contributed by atoms with Gasteiger partial charge in [-0.15, -0.1) is 0 Å². The molecule has 0 radical (unpaired) electrons. The summed E-state index contributed by atoms with van der Waals surface area (Å²) in [5.74, 6) is -0.426. The van der Waals surface area contributed by atoms with E-state index in [1.54, 1.807) is 24.3 Å². The third kappa shape index (κ3) is 5.13. The van der Waals surface area contributed by atoms with Crippen LogP contribution in [0.2, 0.25) is 0 Å². The van der Waals surface area contributed by atoms with Gasteiger partial charge in [-0.3, -0.25) is 4.79 Å². The molecule has 1 heterocycles. The van der Waals surface area contributed by atoms with Crippen LogP contribution in [-0.2, 0) is 10.0 Å². The zero-order valence-electron chi connectivity index (χ0n) is 19.2. The molecule has 6 nitrogen and oxygen atoms in total. The number of rotatable bonds is 6. The largest absolute Gasteiger partial charge is 0.369 e. The van der Waals surface area contributed by atoms with Gasteiger partial charge in [0.1, 0.15) is 5.82 Å². The Labute approximate surface area is 200 Å². The van der Waals surface area contributed by atoms with Crippen molar-refractivity contribution in [3.05, 3.63) is 89.7 Å². The average molecular weight is 482 g/mol. The molecule has 0 aromatic heterocycles. The summed E-state index contributed by atoms with van der Waals surface area (Å²) in [5.41, 5.74) is 2.87. The Balaban J connectivity index is 1.47. The lowest BCUT2D eigenvalue weighted by Crippen LogP contribution is -2.48. The number of halogens is 1. The molecule has 1 N–H and O–H groups in total. The van der Waals surface area contributed by atoms with Gasteiger partial charge in [0.05, 0.1) is 4.90 Å². The molecule has 0 aliphatic carbocycles. The van der Waals surface area contributed by atoms with Crippen molar-refractivity contribution in [2.24, 2.45) is 0 Å². The number of hydrogen-bond donors (Lipinski definition) is 1. The molecule has 1 aliphatic heterocycles. The number of piperazine rings is 1. The quantitative estimate of drug-likeness (QED) is 0.554. The van der Waals surface area contributed by atoms with Crippen molar-refractivity contribution >= 4 is 27.3 Å². The lowest BCUT2D eigenvalue weighted by atomic mass is 10.0. The molecule has 0 spiro atoms. The molecule has 1 fully saturated rings. The van der Waals surface area contributed by atoms with E-state index in [1.165, 1.54) is 28.6 Å². The van der Waals surface area contributed by atoms with Gasteiger partial charge in [-0.1, -0.05) is 38.1 Å². The molecule has 0 atom stereocenters. The lowest BCUT2D eigenvalue weighted by molar-refractivity contribution is 0.102. The van der Waals surface area contributed by atoms with Crippen molar-refractivity contribution in [3.63, 3.8) is 0 Å². The Bertz CT molecular complexity index is 1270. The van der Waals surface area contributed by atoms with Gasteiger partial charge in [0.2, 0.25) is 10.0 Å². The first-order chi connectivity index (χ1) is 16.3. The maximum Gasteiger partial charge on any atom is 0.255 e. The van der Waals surface area contributed by atoms with E-state index < -0.39 is 10.0 Å². The molecule has 8 heteroatoms. The molecule has 0 unspecified atom stereocenters. The lowest BCUT2D eigenvalue weighted by Gasteiger charge is -2.35. The van der Waals surface area contributed by atoms with E-state index in [-0.39, 0.29) is 28.1 Å². The van der Waals surface area contributed by atoms with Crippen LogP contribution in [-0.4, -0.2) is 44.8 Å². The summed E-state index contributed by atoms with van der Waals surface area (Å²) >= 11 is 0. The number of para-hydroxylation sites is 1. The molecular formula is C26H28FN3O3S. The van der Waals surface area contributed by atoms with Gasteiger partial charge in [0.25, 0.3) is 5.91 Å². The highest BCUT2D eigenvalue weighted by Gasteiger charge is 2.29. The minimum absolute atomic E-state index is 0.0903. The SMILES string of the molecule is CC(C)c1ccccc1NC(=O)c1cccc(S(=O)(=O)N2CCN(c3ccc(F)cc3)CC2)c1. The van der Waals surface area contributed by atoms with Crippen LogP contribution in [0.25, 0.3) is 0 Å². The molecule has 4 rings (SSSR count). The second kappa shape index (κ2) is 9.95. The van der Waals surface area contributed by atoms with Crippen molar-refractivity contribution < 1.29 is 17.6 Å². The van der Waals surface area contributed by atoms with Crippen molar-refractivity contribution in [2.45, 2.75) is 24.7 Å². The van der Waals surface area contributed by atoms with E-state index in [1.807, 2.05) is 43.0 Å². The predicted octanol–water partition coefficient (Wildman–Crippen LogP) is 4.71. The monoisotopic (exact) mass is 481 g/mol. The van der Waals surface area contributed by atoms with Gasteiger partial charge in [-0.2, -0.15) is 4.31 Å². The van der Waals surface area contributed by atoms with E-state index in [0.717, 1.165) is 11.3 Å². The zero-order valence-corrected chi connectivity index (χ0v) is 20.1. The van der Waals surface area contributed by atoms with Crippen LogP contribution in [0.5, 0.6) is 0 Å². The molecule has 1 amide bonds. The third-order valence-electron chi connectivity index (χ3n) is 6.00. The topological polar surface area (TPSA) is 69.7 Å². The summed E-state index contributed by atoms with van der Waals surface area (Å²) in [5, 5.41) is 2.91. The zero-order chi connectivity index (χ0) is 24.3. The highest BCUT2D eigenvalue weighted by atomic mass is 32.2. The molecule has 3 aromatic carbocycles. The second-order valence-electron chi connectivity index (χ2n) is 8.59. The fourth-order valence-corrected chi connectivity index (χ4v) is 5.56.